The monoisotopic (exact) mass is 246 g/mol. The van der Waals surface area contributed by atoms with Crippen LogP contribution < -0.4 is 10.6 Å². The molecule has 0 atom stereocenters. The Morgan fingerprint density at radius 1 is 1.33 bits per heavy atom. The van der Waals surface area contributed by atoms with Crippen molar-refractivity contribution in [3.63, 3.8) is 0 Å². The van der Waals surface area contributed by atoms with Crippen molar-refractivity contribution in [1.82, 2.24) is 0 Å². The highest BCUT2D eigenvalue weighted by molar-refractivity contribution is 6.36. The highest BCUT2D eigenvalue weighted by Gasteiger charge is 2.08. The molecule has 0 radical (unpaired) electrons. The largest absolute Gasteiger partial charge is 0.371 e. The van der Waals surface area contributed by atoms with E-state index in [2.05, 4.69) is 11.8 Å². The number of hydrogen-bond donors (Lipinski definition) is 1. The van der Waals surface area contributed by atoms with Gasteiger partial charge in [-0.15, -0.1) is 0 Å². The summed E-state index contributed by atoms with van der Waals surface area (Å²) >= 11 is 12.0. The topological polar surface area (TPSA) is 29.3 Å². The molecule has 1 rings (SSSR count). The molecule has 0 unspecified atom stereocenters. The molecule has 0 amide bonds. The molecule has 0 spiro atoms. The van der Waals surface area contributed by atoms with Gasteiger partial charge in [-0.2, -0.15) is 0 Å². The minimum absolute atomic E-state index is 0.665. The van der Waals surface area contributed by atoms with Gasteiger partial charge < -0.3 is 10.6 Å². The highest BCUT2D eigenvalue weighted by atomic mass is 35.5. The summed E-state index contributed by atoms with van der Waals surface area (Å²) < 4.78 is 0. The van der Waals surface area contributed by atoms with Gasteiger partial charge in [0.25, 0.3) is 0 Å². The van der Waals surface area contributed by atoms with Gasteiger partial charge in [-0.1, -0.05) is 23.2 Å². The van der Waals surface area contributed by atoms with Crippen molar-refractivity contribution in [1.29, 1.82) is 0 Å². The first kappa shape index (κ1) is 12.6. The van der Waals surface area contributed by atoms with E-state index in [1.807, 2.05) is 12.1 Å². The van der Waals surface area contributed by atoms with Gasteiger partial charge in [0.2, 0.25) is 0 Å². The van der Waals surface area contributed by atoms with Gasteiger partial charge in [0.15, 0.2) is 0 Å². The Kier molecular flexibility index (Phi) is 5.23. The summed E-state index contributed by atoms with van der Waals surface area (Å²) in [7, 11) is 0. The van der Waals surface area contributed by atoms with Crippen molar-refractivity contribution < 1.29 is 0 Å². The van der Waals surface area contributed by atoms with Crippen molar-refractivity contribution in [3.8, 4) is 0 Å². The number of nitrogens with zero attached hydrogens (tertiary/aromatic N) is 1. The normalized spacial score (nSPS) is 10.4. The summed E-state index contributed by atoms with van der Waals surface area (Å²) in [4.78, 5) is 2.20. The molecule has 0 saturated heterocycles. The molecule has 0 aromatic heterocycles. The van der Waals surface area contributed by atoms with Crippen LogP contribution in [0.4, 0.5) is 5.69 Å². The van der Waals surface area contributed by atoms with Crippen molar-refractivity contribution >= 4 is 28.9 Å². The molecular formula is C11H16Cl2N2. The summed E-state index contributed by atoms with van der Waals surface area (Å²) in [6.07, 6.45) is 0.965. The maximum absolute atomic E-state index is 6.12. The van der Waals surface area contributed by atoms with Gasteiger partial charge in [-0.3, -0.25) is 0 Å². The molecule has 84 valence electrons. The summed E-state index contributed by atoms with van der Waals surface area (Å²) in [5, 5.41) is 1.36. The highest BCUT2D eigenvalue weighted by Crippen LogP contribution is 2.28. The number of anilines is 1. The van der Waals surface area contributed by atoms with E-state index in [4.69, 9.17) is 28.9 Å². The molecule has 0 aliphatic heterocycles. The lowest BCUT2D eigenvalue weighted by molar-refractivity contribution is 0.754. The Morgan fingerprint density at radius 2 is 2.07 bits per heavy atom. The minimum Gasteiger partial charge on any atom is -0.371 e. The zero-order valence-electron chi connectivity index (χ0n) is 8.84. The van der Waals surface area contributed by atoms with E-state index in [-0.39, 0.29) is 0 Å². The van der Waals surface area contributed by atoms with Crippen LogP contribution in [0.25, 0.3) is 0 Å². The van der Waals surface area contributed by atoms with Gasteiger partial charge in [0, 0.05) is 18.1 Å². The zero-order chi connectivity index (χ0) is 11.3. The van der Waals surface area contributed by atoms with Gasteiger partial charge in [0.05, 0.1) is 10.7 Å². The fourth-order valence-electron chi connectivity index (χ4n) is 1.47. The van der Waals surface area contributed by atoms with Crippen molar-refractivity contribution in [2.45, 2.75) is 13.3 Å². The molecule has 2 N–H and O–H groups in total. The van der Waals surface area contributed by atoms with E-state index < -0.39 is 0 Å². The summed E-state index contributed by atoms with van der Waals surface area (Å²) in [5.41, 5.74) is 6.52. The average molecular weight is 247 g/mol. The SMILES string of the molecule is CCN(CCCN)c1ccc(Cl)cc1Cl. The molecule has 0 aliphatic carbocycles. The second-order valence-electron chi connectivity index (χ2n) is 3.32. The van der Waals surface area contributed by atoms with Gasteiger partial charge in [-0.25, -0.2) is 0 Å². The Labute approximate surface area is 101 Å². The fourth-order valence-corrected chi connectivity index (χ4v) is 2.00. The predicted molar refractivity (Wildman–Crippen MR) is 68.0 cm³/mol. The molecule has 4 heteroatoms. The average Bonchev–Trinajstić information content (AvgIpc) is 2.21. The van der Waals surface area contributed by atoms with E-state index >= 15 is 0 Å². The van der Waals surface area contributed by atoms with Gasteiger partial charge >= 0.3 is 0 Å². The first-order valence-corrected chi connectivity index (χ1v) is 5.84. The molecule has 2 nitrogen and oxygen atoms in total. The van der Waals surface area contributed by atoms with Crippen molar-refractivity contribution in [3.05, 3.63) is 28.2 Å². The smallest absolute Gasteiger partial charge is 0.0654 e. The maximum Gasteiger partial charge on any atom is 0.0654 e. The first-order valence-electron chi connectivity index (χ1n) is 5.09. The Bertz CT molecular complexity index is 315. The lowest BCUT2D eigenvalue weighted by Crippen LogP contribution is -2.25. The van der Waals surface area contributed by atoms with Gasteiger partial charge in [0.1, 0.15) is 0 Å². The van der Waals surface area contributed by atoms with Crippen LogP contribution in [0.3, 0.4) is 0 Å². The number of hydrogen-bond acceptors (Lipinski definition) is 2. The molecule has 15 heavy (non-hydrogen) atoms. The number of halogens is 2. The molecule has 1 aromatic carbocycles. The Hall–Kier alpha value is -0.440. The molecule has 0 heterocycles. The van der Waals surface area contributed by atoms with Crippen molar-refractivity contribution in [2.75, 3.05) is 24.5 Å². The third-order valence-electron chi connectivity index (χ3n) is 2.26. The van der Waals surface area contributed by atoms with Crippen LogP contribution in [0, 0.1) is 0 Å². The van der Waals surface area contributed by atoms with Crippen LogP contribution in [0.15, 0.2) is 18.2 Å². The summed E-state index contributed by atoms with van der Waals surface area (Å²) in [6.45, 7) is 4.64. The van der Waals surface area contributed by atoms with Crippen LogP contribution >= 0.6 is 23.2 Å². The van der Waals surface area contributed by atoms with Gasteiger partial charge in [-0.05, 0) is 38.1 Å². The first-order chi connectivity index (χ1) is 7.19. The number of rotatable bonds is 5. The van der Waals surface area contributed by atoms with E-state index in [0.717, 1.165) is 25.2 Å². The molecule has 0 saturated carbocycles. The lowest BCUT2D eigenvalue weighted by atomic mass is 10.2. The number of nitrogens with two attached hydrogens (primary N) is 1. The van der Waals surface area contributed by atoms with Crippen LogP contribution in [-0.2, 0) is 0 Å². The minimum atomic E-state index is 0.665. The quantitative estimate of drug-likeness (QED) is 0.865. The van der Waals surface area contributed by atoms with Crippen LogP contribution in [-0.4, -0.2) is 19.6 Å². The second-order valence-corrected chi connectivity index (χ2v) is 4.16. The molecule has 0 bridgehead atoms. The van der Waals surface area contributed by atoms with Crippen LogP contribution in [0.2, 0.25) is 10.0 Å². The van der Waals surface area contributed by atoms with E-state index in [9.17, 15) is 0 Å². The molecule has 0 fully saturated rings. The third-order valence-corrected chi connectivity index (χ3v) is 2.80. The Balaban J connectivity index is 2.81. The summed E-state index contributed by atoms with van der Waals surface area (Å²) in [5.74, 6) is 0. The van der Waals surface area contributed by atoms with Crippen molar-refractivity contribution in [2.24, 2.45) is 5.73 Å². The standard InChI is InChI=1S/C11H16Cl2N2/c1-2-15(7-3-6-14)11-5-4-9(12)8-10(11)13/h4-5,8H,2-3,6-7,14H2,1H3. The number of benzene rings is 1. The predicted octanol–water partition coefficient (Wildman–Crippen LogP) is 3.17. The van der Waals surface area contributed by atoms with E-state index in [1.165, 1.54) is 0 Å². The lowest BCUT2D eigenvalue weighted by Gasteiger charge is -2.24. The van der Waals surface area contributed by atoms with E-state index in [0.29, 0.717) is 16.6 Å². The zero-order valence-corrected chi connectivity index (χ0v) is 10.4. The third kappa shape index (κ3) is 3.56. The second kappa shape index (κ2) is 6.21. The van der Waals surface area contributed by atoms with E-state index in [1.54, 1.807) is 6.07 Å². The Morgan fingerprint density at radius 3 is 2.60 bits per heavy atom. The fraction of sp³-hybridized carbons (Fsp3) is 0.455. The molecular weight excluding hydrogens is 231 g/mol. The summed E-state index contributed by atoms with van der Waals surface area (Å²) in [6, 6.07) is 5.57. The van der Waals surface area contributed by atoms with Crippen LogP contribution in [0.5, 0.6) is 0 Å². The maximum atomic E-state index is 6.12. The molecule has 1 aromatic rings. The molecule has 0 aliphatic rings. The van der Waals surface area contributed by atoms with Crippen LogP contribution in [0.1, 0.15) is 13.3 Å².